The number of aliphatic carboxylic acids is 1. The summed E-state index contributed by atoms with van der Waals surface area (Å²) in [6, 6.07) is 3.65. The van der Waals surface area contributed by atoms with E-state index in [0.29, 0.717) is 44.5 Å². The van der Waals surface area contributed by atoms with Crippen molar-refractivity contribution in [2.24, 2.45) is 0 Å². The Morgan fingerprint density at radius 3 is 2.60 bits per heavy atom. The van der Waals surface area contributed by atoms with Gasteiger partial charge in [-0.3, -0.25) is 14.6 Å². The van der Waals surface area contributed by atoms with E-state index in [0.717, 1.165) is 36.4 Å². The number of rotatable bonds is 9. The molecule has 15 heteroatoms. The van der Waals surface area contributed by atoms with Crippen molar-refractivity contribution in [3.63, 3.8) is 0 Å². The number of benzene rings is 1. The maximum absolute atomic E-state index is 15.8. The number of hydrogen-bond acceptors (Lipinski definition) is 9. The summed E-state index contributed by atoms with van der Waals surface area (Å²) in [5.74, 6) is -1.54. The van der Waals surface area contributed by atoms with Gasteiger partial charge in [-0.05, 0) is 51.4 Å². The molecule has 0 bridgehead atoms. The second kappa shape index (κ2) is 12.9. The number of thiazole rings is 1. The molecule has 2 aliphatic heterocycles. The van der Waals surface area contributed by atoms with Crippen LogP contribution in [0, 0.1) is 5.82 Å². The Balaban J connectivity index is 1.42. The smallest absolute Gasteiger partial charge is 0.416 e. The number of carboxylic acid groups (broad SMARTS) is 1. The molecule has 2 aromatic heterocycles. The van der Waals surface area contributed by atoms with Gasteiger partial charge in [0.25, 0.3) is 0 Å². The number of nitrogens with zero attached hydrogens (tertiary/aromatic N) is 6. The van der Waals surface area contributed by atoms with Crippen LogP contribution in [0.5, 0.6) is 0 Å². The minimum Gasteiger partial charge on any atom is -0.481 e. The number of aromatic nitrogens is 3. The summed E-state index contributed by atoms with van der Waals surface area (Å²) < 4.78 is 56.6. The van der Waals surface area contributed by atoms with Gasteiger partial charge < -0.3 is 15.3 Å². The molecule has 0 saturated carbocycles. The van der Waals surface area contributed by atoms with E-state index >= 15 is 4.39 Å². The maximum Gasteiger partial charge on any atom is 0.416 e. The van der Waals surface area contributed by atoms with Gasteiger partial charge in [-0.15, -0.1) is 0 Å². The first-order valence-electron chi connectivity index (χ1n) is 14.0. The van der Waals surface area contributed by atoms with Gasteiger partial charge >= 0.3 is 12.1 Å². The molecule has 4 heterocycles. The molecule has 0 radical (unpaired) electrons. The fraction of sp³-hybridized carbons (Fsp3) is 0.500. The van der Waals surface area contributed by atoms with Crippen LogP contribution in [0.25, 0.3) is 11.3 Å². The van der Waals surface area contributed by atoms with Crippen LogP contribution in [0.3, 0.4) is 0 Å². The molecule has 43 heavy (non-hydrogen) atoms. The van der Waals surface area contributed by atoms with Crippen molar-refractivity contribution in [3.05, 3.63) is 45.8 Å². The van der Waals surface area contributed by atoms with Crippen LogP contribution in [-0.4, -0.2) is 80.6 Å². The van der Waals surface area contributed by atoms with Crippen molar-refractivity contribution in [3.8, 4) is 11.3 Å². The Morgan fingerprint density at radius 1 is 1.14 bits per heavy atom. The average molecular weight is 642 g/mol. The standard InChI is InChI=1S/C28H32ClF4N7O2S/c1-16-4-3-6-39(16)14-21-24(18-10-19(28(31,32)33)12-20(29)11-18)36-27(43-21)37-25-23(30)26(35-15-34-25)40-9-8-38(17(2)13-40)7-5-22(41)42/h10-12,15-17H,3-9,13-14H2,1-2H3,(H,41,42)(H,34,35,36,37)/t16-,17+/m1/s1. The van der Waals surface area contributed by atoms with E-state index in [9.17, 15) is 18.0 Å². The minimum atomic E-state index is -4.58. The molecule has 0 spiro atoms. The first-order valence-corrected chi connectivity index (χ1v) is 15.2. The second-order valence-electron chi connectivity index (χ2n) is 10.9. The highest BCUT2D eigenvalue weighted by Gasteiger charge is 2.33. The van der Waals surface area contributed by atoms with Gasteiger partial charge in [0.2, 0.25) is 5.82 Å². The molecule has 2 aliphatic rings. The van der Waals surface area contributed by atoms with Crippen molar-refractivity contribution >= 4 is 45.7 Å². The Bertz CT molecular complexity index is 1470. The molecule has 0 aliphatic carbocycles. The molecular formula is C28H32ClF4N7O2S. The van der Waals surface area contributed by atoms with Gasteiger partial charge in [0.1, 0.15) is 6.33 Å². The van der Waals surface area contributed by atoms with Crippen molar-refractivity contribution in [1.82, 2.24) is 24.8 Å². The Kier molecular flexibility index (Phi) is 9.40. The summed E-state index contributed by atoms with van der Waals surface area (Å²) in [6.07, 6.45) is -1.26. The summed E-state index contributed by atoms with van der Waals surface area (Å²) in [4.78, 5) is 30.6. The molecule has 2 fully saturated rings. The topological polar surface area (TPSA) is 97.7 Å². The molecule has 9 nitrogen and oxygen atoms in total. The van der Waals surface area contributed by atoms with Gasteiger partial charge in [0.05, 0.1) is 17.7 Å². The third-order valence-corrected chi connectivity index (χ3v) is 9.08. The fourth-order valence-corrected chi connectivity index (χ4v) is 6.81. The van der Waals surface area contributed by atoms with Gasteiger partial charge in [-0.1, -0.05) is 22.9 Å². The molecule has 5 rings (SSSR count). The zero-order valence-corrected chi connectivity index (χ0v) is 25.2. The largest absolute Gasteiger partial charge is 0.481 e. The van der Waals surface area contributed by atoms with Crippen molar-refractivity contribution < 1.29 is 27.5 Å². The highest BCUT2D eigenvalue weighted by atomic mass is 35.5. The van der Waals surface area contributed by atoms with E-state index in [4.69, 9.17) is 16.7 Å². The normalized spacial score (nSPS) is 20.1. The minimum absolute atomic E-state index is 0.0183. The molecule has 0 unspecified atom stereocenters. The molecule has 2 atom stereocenters. The van der Waals surface area contributed by atoms with Crippen molar-refractivity contribution in [1.29, 1.82) is 0 Å². The monoisotopic (exact) mass is 641 g/mol. The molecule has 2 N–H and O–H groups in total. The number of likely N-dealkylation sites (tertiary alicyclic amines) is 1. The number of carbonyl (C=O) groups is 1. The van der Waals surface area contributed by atoms with E-state index < -0.39 is 23.5 Å². The van der Waals surface area contributed by atoms with Crippen LogP contribution >= 0.6 is 22.9 Å². The molecule has 232 valence electrons. The Morgan fingerprint density at radius 2 is 1.93 bits per heavy atom. The quantitative estimate of drug-likeness (QED) is 0.268. The van der Waals surface area contributed by atoms with Gasteiger partial charge in [0.15, 0.2) is 16.8 Å². The van der Waals surface area contributed by atoms with E-state index in [2.05, 4.69) is 32.1 Å². The highest BCUT2D eigenvalue weighted by molar-refractivity contribution is 7.16. The lowest BCUT2D eigenvalue weighted by atomic mass is 10.1. The van der Waals surface area contributed by atoms with Crippen LogP contribution in [0.4, 0.5) is 34.3 Å². The van der Waals surface area contributed by atoms with E-state index in [1.807, 2.05) is 11.8 Å². The third kappa shape index (κ3) is 7.36. The summed E-state index contributed by atoms with van der Waals surface area (Å²) in [6.45, 7) is 7.25. The number of hydrogen-bond donors (Lipinski definition) is 2. The molecule has 0 amide bonds. The summed E-state index contributed by atoms with van der Waals surface area (Å²) in [5.41, 5.74) is -0.299. The highest BCUT2D eigenvalue weighted by Crippen LogP contribution is 2.39. The van der Waals surface area contributed by atoms with Crippen LogP contribution in [0.2, 0.25) is 5.02 Å². The lowest BCUT2D eigenvalue weighted by Crippen LogP contribution is -2.52. The van der Waals surface area contributed by atoms with Crippen LogP contribution in [0.1, 0.15) is 43.6 Å². The summed E-state index contributed by atoms with van der Waals surface area (Å²) >= 11 is 7.33. The van der Waals surface area contributed by atoms with Crippen LogP contribution in [0.15, 0.2) is 24.5 Å². The lowest BCUT2D eigenvalue weighted by Gasteiger charge is -2.40. The zero-order chi connectivity index (χ0) is 30.9. The van der Waals surface area contributed by atoms with Crippen LogP contribution in [-0.2, 0) is 17.5 Å². The number of nitrogens with one attached hydrogen (secondary N) is 1. The number of carboxylic acids is 1. The summed E-state index contributed by atoms with van der Waals surface area (Å²) in [5, 5.41) is 12.2. The van der Waals surface area contributed by atoms with Gasteiger partial charge in [0, 0.05) is 60.3 Å². The molecule has 1 aromatic carbocycles. The predicted octanol–water partition coefficient (Wildman–Crippen LogP) is 6.12. The zero-order valence-electron chi connectivity index (χ0n) is 23.7. The number of alkyl halides is 3. The van der Waals surface area contributed by atoms with E-state index in [1.54, 1.807) is 4.90 Å². The third-order valence-electron chi connectivity index (χ3n) is 7.91. The molecule has 3 aromatic rings. The molecule has 2 saturated heterocycles. The maximum atomic E-state index is 15.8. The number of anilines is 3. The summed E-state index contributed by atoms with van der Waals surface area (Å²) in [7, 11) is 0. The van der Waals surface area contributed by atoms with E-state index in [-0.39, 0.29) is 39.8 Å². The Hall–Kier alpha value is -3.07. The first kappa shape index (κ1) is 31.4. The first-order chi connectivity index (χ1) is 20.4. The van der Waals surface area contributed by atoms with Crippen molar-refractivity contribution in [2.75, 3.05) is 42.9 Å². The van der Waals surface area contributed by atoms with E-state index in [1.165, 1.54) is 23.7 Å². The number of piperazine rings is 1. The van der Waals surface area contributed by atoms with Crippen molar-refractivity contribution in [2.45, 2.75) is 57.9 Å². The fourth-order valence-electron chi connectivity index (χ4n) is 5.57. The molecular weight excluding hydrogens is 610 g/mol. The van der Waals surface area contributed by atoms with Gasteiger partial charge in [-0.2, -0.15) is 17.6 Å². The second-order valence-corrected chi connectivity index (χ2v) is 12.5. The van der Waals surface area contributed by atoms with Crippen LogP contribution < -0.4 is 10.2 Å². The predicted molar refractivity (Wildman–Crippen MR) is 157 cm³/mol. The van der Waals surface area contributed by atoms with Gasteiger partial charge in [-0.25, -0.2) is 15.0 Å². The Labute approximate surface area is 255 Å². The SMILES string of the molecule is C[C@@H]1CCCN1Cc1sc(Nc2ncnc(N3CCN(CCC(=O)O)[C@@H](C)C3)c2F)nc1-c1cc(Cl)cc(C(F)(F)F)c1. The lowest BCUT2D eigenvalue weighted by molar-refractivity contribution is -0.138. The average Bonchev–Trinajstić information content (AvgIpc) is 3.53. The number of halogens is 5.